The second kappa shape index (κ2) is 5.08. The SMILES string of the molecule is Cc1cc(N)c(C=NCC(=O)NC2CC2)cc1N. The third kappa shape index (κ3) is 3.23. The highest BCUT2D eigenvalue weighted by molar-refractivity contribution is 5.90. The Balaban J connectivity index is 1.95. The Morgan fingerprint density at radius 2 is 2.17 bits per heavy atom. The molecule has 0 radical (unpaired) electrons. The van der Waals surface area contributed by atoms with Crippen molar-refractivity contribution in [2.24, 2.45) is 4.99 Å². The number of carbonyl (C=O) groups is 1. The molecule has 2 rings (SSSR count). The van der Waals surface area contributed by atoms with Crippen LogP contribution in [-0.4, -0.2) is 24.7 Å². The minimum atomic E-state index is -0.0487. The van der Waals surface area contributed by atoms with Crippen molar-refractivity contribution in [1.82, 2.24) is 5.32 Å². The Morgan fingerprint density at radius 1 is 1.44 bits per heavy atom. The second-order valence-electron chi connectivity index (χ2n) is 4.65. The van der Waals surface area contributed by atoms with Crippen LogP contribution in [0.25, 0.3) is 0 Å². The molecule has 1 aromatic carbocycles. The zero-order valence-corrected chi connectivity index (χ0v) is 10.4. The summed E-state index contributed by atoms with van der Waals surface area (Å²) in [5.41, 5.74) is 14.6. The Morgan fingerprint density at radius 3 is 2.83 bits per heavy atom. The summed E-state index contributed by atoms with van der Waals surface area (Å²) in [5.74, 6) is -0.0487. The van der Waals surface area contributed by atoms with Crippen LogP contribution < -0.4 is 16.8 Å². The normalized spacial score (nSPS) is 14.9. The Kier molecular flexibility index (Phi) is 3.50. The zero-order valence-electron chi connectivity index (χ0n) is 10.4. The van der Waals surface area contributed by atoms with E-state index in [0.29, 0.717) is 17.4 Å². The molecule has 0 aliphatic heterocycles. The van der Waals surface area contributed by atoms with Crippen molar-refractivity contribution in [3.63, 3.8) is 0 Å². The molecule has 1 aromatic rings. The molecule has 5 nitrogen and oxygen atoms in total. The van der Waals surface area contributed by atoms with E-state index in [4.69, 9.17) is 11.5 Å². The summed E-state index contributed by atoms with van der Waals surface area (Å²) in [6.07, 6.45) is 3.76. The van der Waals surface area contributed by atoms with Crippen molar-refractivity contribution in [3.05, 3.63) is 23.3 Å². The van der Waals surface area contributed by atoms with Gasteiger partial charge in [-0.05, 0) is 37.5 Å². The number of nitrogen functional groups attached to an aromatic ring is 2. The predicted octanol–water partition coefficient (Wildman–Crippen LogP) is 0.857. The zero-order chi connectivity index (χ0) is 13.1. The minimum Gasteiger partial charge on any atom is -0.398 e. The molecule has 0 bridgehead atoms. The molecule has 1 saturated carbocycles. The molecule has 1 fully saturated rings. The summed E-state index contributed by atoms with van der Waals surface area (Å²) in [6.45, 7) is 2.03. The van der Waals surface area contributed by atoms with Crippen molar-refractivity contribution in [1.29, 1.82) is 0 Å². The highest BCUT2D eigenvalue weighted by Crippen LogP contribution is 2.19. The molecule has 1 aliphatic rings. The first-order valence-electron chi connectivity index (χ1n) is 6.01. The lowest BCUT2D eigenvalue weighted by molar-refractivity contribution is -0.119. The van der Waals surface area contributed by atoms with Gasteiger partial charge in [0.15, 0.2) is 0 Å². The first-order valence-corrected chi connectivity index (χ1v) is 6.01. The smallest absolute Gasteiger partial charge is 0.241 e. The summed E-state index contributed by atoms with van der Waals surface area (Å²) >= 11 is 0. The number of nitrogens with two attached hydrogens (primary N) is 2. The molecular weight excluding hydrogens is 228 g/mol. The van der Waals surface area contributed by atoms with Crippen LogP contribution in [0.15, 0.2) is 17.1 Å². The Bertz CT molecular complexity index is 492. The van der Waals surface area contributed by atoms with E-state index in [0.717, 1.165) is 24.0 Å². The van der Waals surface area contributed by atoms with Crippen LogP contribution in [0.3, 0.4) is 0 Å². The van der Waals surface area contributed by atoms with Gasteiger partial charge in [0.25, 0.3) is 0 Å². The molecule has 0 atom stereocenters. The number of benzene rings is 1. The maximum absolute atomic E-state index is 11.4. The summed E-state index contributed by atoms with van der Waals surface area (Å²) < 4.78 is 0. The van der Waals surface area contributed by atoms with E-state index >= 15 is 0 Å². The number of hydrogen-bond acceptors (Lipinski definition) is 4. The average molecular weight is 246 g/mol. The number of hydrogen-bond donors (Lipinski definition) is 3. The van der Waals surface area contributed by atoms with E-state index in [2.05, 4.69) is 10.3 Å². The number of nitrogens with one attached hydrogen (secondary N) is 1. The first-order chi connectivity index (χ1) is 8.56. The maximum Gasteiger partial charge on any atom is 0.241 e. The summed E-state index contributed by atoms with van der Waals surface area (Å²) in [5, 5.41) is 2.87. The molecule has 0 heterocycles. The van der Waals surface area contributed by atoms with Crippen molar-refractivity contribution >= 4 is 23.5 Å². The lowest BCUT2D eigenvalue weighted by Gasteiger charge is -2.05. The molecule has 5 heteroatoms. The number of carbonyl (C=O) groups excluding carboxylic acids is 1. The van der Waals surface area contributed by atoms with Gasteiger partial charge in [-0.2, -0.15) is 0 Å². The summed E-state index contributed by atoms with van der Waals surface area (Å²) in [7, 11) is 0. The summed E-state index contributed by atoms with van der Waals surface area (Å²) in [4.78, 5) is 15.5. The van der Waals surface area contributed by atoms with Gasteiger partial charge in [0.2, 0.25) is 5.91 Å². The van der Waals surface area contributed by atoms with E-state index < -0.39 is 0 Å². The largest absolute Gasteiger partial charge is 0.398 e. The van der Waals surface area contributed by atoms with Crippen molar-refractivity contribution in [2.75, 3.05) is 18.0 Å². The van der Waals surface area contributed by atoms with Crippen LogP contribution in [0.5, 0.6) is 0 Å². The van der Waals surface area contributed by atoms with Gasteiger partial charge in [0, 0.05) is 29.2 Å². The third-order valence-corrected chi connectivity index (χ3v) is 2.88. The Labute approximate surface area is 106 Å². The third-order valence-electron chi connectivity index (χ3n) is 2.88. The highest BCUT2D eigenvalue weighted by Gasteiger charge is 2.22. The van der Waals surface area contributed by atoms with Crippen LogP contribution in [0.4, 0.5) is 11.4 Å². The van der Waals surface area contributed by atoms with Gasteiger partial charge in [-0.15, -0.1) is 0 Å². The number of aliphatic imine (C=N–C) groups is 1. The number of nitrogens with zero attached hydrogens (tertiary/aromatic N) is 1. The first kappa shape index (κ1) is 12.4. The van der Waals surface area contributed by atoms with Gasteiger partial charge in [0.1, 0.15) is 6.54 Å². The van der Waals surface area contributed by atoms with E-state index in [9.17, 15) is 4.79 Å². The van der Waals surface area contributed by atoms with E-state index in [1.807, 2.05) is 6.92 Å². The topological polar surface area (TPSA) is 93.5 Å². The fraction of sp³-hybridized carbons (Fsp3) is 0.385. The van der Waals surface area contributed by atoms with Crippen LogP contribution >= 0.6 is 0 Å². The van der Waals surface area contributed by atoms with E-state index in [-0.39, 0.29) is 12.5 Å². The highest BCUT2D eigenvalue weighted by atomic mass is 16.1. The number of aryl methyl sites for hydroxylation is 1. The van der Waals surface area contributed by atoms with E-state index in [1.54, 1.807) is 18.3 Å². The standard InChI is InChI=1S/C13H18N4O/c1-8-4-12(15)9(5-11(8)14)6-16-7-13(18)17-10-2-3-10/h4-6,10H,2-3,7,14-15H2,1H3,(H,17,18). The number of anilines is 2. The number of rotatable bonds is 4. The monoisotopic (exact) mass is 246 g/mol. The van der Waals surface area contributed by atoms with Gasteiger partial charge in [-0.25, -0.2) is 0 Å². The van der Waals surface area contributed by atoms with Crippen LogP contribution in [0, 0.1) is 6.92 Å². The average Bonchev–Trinajstić information content (AvgIpc) is 3.09. The van der Waals surface area contributed by atoms with Gasteiger partial charge >= 0.3 is 0 Å². The Hall–Kier alpha value is -2.04. The maximum atomic E-state index is 11.4. The lowest BCUT2D eigenvalue weighted by Crippen LogP contribution is -2.27. The van der Waals surface area contributed by atoms with Crippen LogP contribution in [0.2, 0.25) is 0 Å². The van der Waals surface area contributed by atoms with E-state index in [1.165, 1.54) is 0 Å². The molecule has 1 amide bonds. The fourth-order valence-corrected chi connectivity index (χ4v) is 1.60. The summed E-state index contributed by atoms with van der Waals surface area (Å²) in [6, 6.07) is 3.95. The molecule has 0 aromatic heterocycles. The van der Waals surface area contributed by atoms with Gasteiger partial charge in [-0.3, -0.25) is 9.79 Å². The molecule has 0 saturated heterocycles. The molecule has 0 spiro atoms. The van der Waals surface area contributed by atoms with Crippen LogP contribution in [0.1, 0.15) is 24.0 Å². The predicted molar refractivity (Wildman–Crippen MR) is 73.6 cm³/mol. The minimum absolute atomic E-state index is 0.0487. The molecule has 18 heavy (non-hydrogen) atoms. The molecular formula is C13H18N4O. The van der Waals surface area contributed by atoms with Gasteiger partial charge in [0.05, 0.1) is 0 Å². The van der Waals surface area contributed by atoms with Gasteiger partial charge < -0.3 is 16.8 Å². The molecule has 5 N–H and O–H groups in total. The van der Waals surface area contributed by atoms with Gasteiger partial charge in [-0.1, -0.05) is 0 Å². The van der Waals surface area contributed by atoms with Crippen LogP contribution in [-0.2, 0) is 4.79 Å². The quantitative estimate of drug-likeness (QED) is 0.543. The number of amides is 1. The molecule has 1 aliphatic carbocycles. The lowest BCUT2D eigenvalue weighted by atomic mass is 10.1. The fourth-order valence-electron chi connectivity index (χ4n) is 1.60. The molecule has 0 unspecified atom stereocenters. The van der Waals surface area contributed by atoms with Crippen molar-refractivity contribution in [2.45, 2.75) is 25.8 Å². The van der Waals surface area contributed by atoms with Crippen molar-refractivity contribution in [3.8, 4) is 0 Å². The van der Waals surface area contributed by atoms with Crippen molar-refractivity contribution < 1.29 is 4.79 Å². The molecule has 96 valence electrons. The second-order valence-corrected chi connectivity index (χ2v) is 4.65.